The molecule has 0 bridgehead atoms. The summed E-state index contributed by atoms with van der Waals surface area (Å²) in [5.74, 6) is 0. The Bertz CT molecular complexity index is 1730. The molecule has 0 aromatic heterocycles. The molecule has 0 amide bonds. The van der Waals surface area contributed by atoms with Crippen molar-refractivity contribution < 1.29 is 21.2 Å². The van der Waals surface area contributed by atoms with E-state index < -0.39 is 0 Å². The summed E-state index contributed by atoms with van der Waals surface area (Å²) in [4.78, 5) is 0. The van der Waals surface area contributed by atoms with Gasteiger partial charge in [-0.05, 0) is 160 Å². The van der Waals surface area contributed by atoms with Crippen LogP contribution in [0.15, 0.2) is 35.4 Å². The van der Waals surface area contributed by atoms with E-state index in [0.717, 1.165) is 62.8 Å². The minimum Gasteiger partial charge on any atom is -0.493 e. The van der Waals surface area contributed by atoms with Crippen LogP contribution in [-0.2, 0) is 55.0 Å². The van der Waals surface area contributed by atoms with E-state index in [1.165, 1.54) is 330 Å². The number of benzene rings is 2. The molecular weight excluding hydrogens is 1100 g/mol. The van der Waals surface area contributed by atoms with Gasteiger partial charge >= 0.3 is 16.5 Å². The summed E-state index contributed by atoms with van der Waals surface area (Å²) < 4.78 is 1.77. The number of aryl methyl sites for hydroxylation is 4. The molecule has 0 spiro atoms. The summed E-state index contributed by atoms with van der Waals surface area (Å²) in [7, 11) is 0. The van der Waals surface area contributed by atoms with Gasteiger partial charge in [0.05, 0.1) is 0 Å². The van der Waals surface area contributed by atoms with E-state index in [2.05, 4.69) is 107 Å². The van der Waals surface area contributed by atoms with Crippen LogP contribution in [0, 0.1) is 13.8 Å². The second-order valence-corrected chi connectivity index (χ2v) is 26.9. The smallest absolute Gasteiger partial charge is 0.493 e. The van der Waals surface area contributed by atoms with Gasteiger partial charge in [0.1, 0.15) is 0 Å². The van der Waals surface area contributed by atoms with Crippen molar-refractivity contribution in [3.8, 4) is 0 Å². The van der Waals surface area contributed by atoms with Crippen molar-refractivity contribution in [1.82, 2.24) is 0 Å². The maximum atomic E-state index is 13.2. The first-order chi connectivity index (χ1) is 42.3. The van der Waals surface area contributed by atoms with E-state index in [1.54, 1.807) is 38.1 Å². The van der Waals surface area contributed by atoms with E-state index in [4.69, 9.17) is 0 Å². The van der Waals surface area contributed by atoms with Crippen LogP contribution < -0.4 is 0 Å². The van der Waals surface area contributed by atoms with Gasteiger partial charge in [-0.25, -0.2) is 4.70 Å². The average molecular weight is 1250 g/mol. The predicted molar refractivity (Wildman–Crippen MR) is 391 cm³/mol. The van der Waals surface area contributed by atoms with Crippen LogP contribution in [0.3, 0.4) is 0 Å². The van der Waals surface area contributed by atoms with Gasteiger partial charge in [-0.1, -0.05) is 313 Å². The number of unbranched alkanes of at least 4 members (excludes halogenated alkanes) is 38. The molecule has 3 rings (SSSR count). The third-order valence-electron chi connectivity index (χ3n) is 18.8. The van der Waals surface area contributed by atoms with Crippen molar-refractivity contribution in [3.05, 3.63) is 99.3 Å². The van der Waals surface area contributed by atoms with Crippen molar-refractivity contribution in [2.75, 3.05) is 0 Å². The number of nitrogens with zero attached hydrogens (tertiary/aromatic N) is 2. The van der Waals surface area contributed by atoms with E-state index in [-0.39, 0.29) is 16.5 Å². The summed E-state index contributed by atoms with van der Waals surface area (Å²) in [6, 6.07) is 10.3. The van der Waals surface area contributed by atoms with Crippen molar-refractivity contribution in [2.45, 2.75) is 429 Å². The van der Waals surface area contributed by atoms with Crippen molar-refractivity contribution >= 4 is 11.4 Å². The molecule has 87 heavy (non-hydrogen) atoms. The Morgan fingerprint density at radius 1 is 0.253 bits per heavy atom. The van der Waals surface area contributed by atoms with Gasteiger partial charge in [0, 0.05) is 22.3 Å². The molecule has 0 atom stereocenters. The van der Waals surface area contributed by atoms with Gasteiger partial charge in [0.2, 0.25) is 11.4 Å². The van der Waals surface area contributed by atoms with Gasteiger partial charge in [-0.15, -0.1) is 0 Å². The molecule has 1 aliphatic heterocycles. The molecule has 0 fully saturated rings. The normalized spacial score (nSPS) is 12.3. The number of rotatable bonds is 56. The van der Waals surface area contributed by atoms with E-state index in [0.29, 0.717) is 0 Å². The van der Waals surface area contributed by atoms with E-state index >= 15 is 0 Å². The monoisotopic (exact) mass is 1250 g/mol. The molecule has 0 unspecified atom stereocenters. The van der Waals surface area contributed by atoms with Crippen LogP contribution in [0.25, 0.3) is 16.9 Å². The predicted octanol–water partition coefficient (Wildman–Crippen LogP) is 29.5. The molecule has 506 valence electrons. The third-order valence-corrected chi connectivity index (χ3v) is 18.8. The fourth-order valence-electron chi connectivity index (χ4n) is 13.3. The zero-order valence-corrected chi connectivity index (χ0v) is 61.5. The molecule has 2 aromatic carbocycles. The maximum absolute atomic E-state index is 13.2. The van der Waals surface area contributed by atoms with Gasteiger partial charge in [0.25, 0.3) is 0 Å². The second kappa shape index (κ2) is 61.5. The molecule has 0 saturated carbocycles. The quantitative estimate of drug-likeness (QED) is 0.0273. The van der Waals surface area contributed by atoms with Gasteiger partial charge in [-0.3, -0.25) is 0 Å². The summed E-state index contributed by atoms with van der Waals surface area (Å²) in [5.41, 5.74) is 30.5. The molecule has 0 radical (unpaired) electrons. The number of hydrogen-bond donors (Lipinski definition) is 0. The molecule has 2 aromatic rings. The maximum Gasteiger partial charge on any atom is 2.00 e. The van der Waals surface area contributed by atoms with Crippen molar-refractivity contribution in [3.63, 3.8) is 0 Å². The fraction of sp³-hybridized carbons (Fsp3) is 0.786. The Balaban J connectivity index is 0.00000245. The minimum atomic E-state index is 0. The van der Waals surface area contributed by atoms with Crippen LogP contribution in [0.2, 0.25) is 0 Å². The van der Waals surface area contributed by atoms with Crippen LogP contribution >= 0.6 is 0 Å². The number of hydrogen-bond acceptors (Lipinski definition) is 0. The molecule has 0 N–H and O–H groups in total. The van der Waals surface area contributed by atoms with Gasteiger partial charge < -0.3 is 19.4 Å². The van der Waals surface area contributed by atoms with Crippen LogP contribution in [0.4, 0.5) is 0 Å². The van der Waals surface area contributed by atoms with E-state index in [1.807, 2.05) is 0 Å². The summed E-state index contributed by atoms with van der Waals surface area (Å²) in [5, 5.41) is 0. The van der Waals surface area contributed by atoms with Crippen LogP contribution in [0.1, 0.15) is 435 Å². The summed E-state index contributed by atoms with van der Waals surface area (Å²) >= 11 is 0. The molecule has 0 aliphatic carbocycles. The Hall–Kier alpha value is -1.99. The first kappa shape index (κ1) is 85.0. The van der Waals surface area contributed by atoms with Crippen molar-refractivity contribution in [1.29, 1.82) is 0 Å². The largest absolute Gasteiger partial charge is 2.00 e. The van der Waals surface area contributed by atoms with Gasteiger partial charge in [0.15, 0.2) is 0 Å². The zero-order chi connectivity index (χ0) is 62.9. The SMILES string of the molecule is CCCCCCC1=C(c2cc(CCCCCC)c(CCCC)c(CCCCCC)c2)[N+](=[N-])C(c2cc(CCCCCC)c(CCCC)c(CCCCCC)c2)=C1CCCCCC.[CH2-]CCCCCCCCCCC.[CH2-]CCCCCCCCCCC.[Ni+2]. The Morgan fingerprint density at radius 2 is 0.448 bits per heavy atom. The minimum absolute atomic E-state index is 0. The Labute approximate surface area is 557 Å². The Morgan fingerprint density at radius 3 is 0.667 bits per heavy atom. The first-order valence-corrected chi connectivity index (χ1v) is 39.1. The Kier molecular flexibility index (Phi) is 60.1. The van der Waals surface area contributed by atoms with Crippen LogP contribution in [-0.4, -0.2) is 4.70 Å². The standard InChI is InChI=1S/C60H100N2.2C12H25.Ni/c1-9-17-25-31-37-49-45-53(46-50(38-32-26-18-10-2)55(49)41-23-15-7)59-57(43-35-29-21-13-5)58(44-36-30-22-14-6)60(62(59)61)54-47-51(39-33-27-19-11-3)56(42-24-16-8)52(48-54)40-34-28-20-12-4;2*1-3-5-7-9-11-12-10-8-6-4-2;/h45-48H,9-44H2,1-8H3;2*1,3-12H2,2H3;/q;2*-1;+2. The van der Waals surface area contributed by atoms with Crippen molar-refractivity contribution in [2.24, 2.45) is 0 Å². The molecule has 2 nitrogen and oxygen atoms in total. The number of allylic oxidation sites excluding steroid dienone is 2. The molecule has 1 heterocycles. The topological polar surface area (TPSA) is 25.3 Å². The van der Waals surface area contributed by atoms with E-state index in [9.17, 15) is 5.53 Å². The third kappa shape index (κ3) is 39.2. The molecule has 3 heteroatoms. The summed E-state index contributed by atoms with van der Waals surface area (Å²) in [6.45, 7) is 30.9. The first-order valence-electron chi connectivity index (χ1n) is 39.1. The van der Waals surface area contributed by atoms with Crippen LogP contribution in [0.5, 0.6) is 0 Å². The summed E-state index contributed by atoms with van der Waals surface area (Å²) in [6.07, 6.45) is 72.4. The molecule has 0 saturated heterocycles. The molecular formula is C84H150N2Ni. The zero-order valence-electron chi connectivity index (χ0n) is 60.5. The average Bonchev–Trinajstić information content (AvgIpc) is 1.73. The van der Waals surface area contributed by atoms with Gasteiger partial charge in [-0.2, -0.15) is 12.8 Å². The molecule has 1 aliphatic rings. The second-order valence-electron chi connectivity index (χ2n) is 26.9. The fourth-order valence-corrected chi connectivity index (χ4v) is 13.3.